The molecule has 0 aromatic rings. The second kappa shape index (κ2) is 29.9. The van der Waals surface area contributed by atoms with E-state index in [1.54, 1.807) is 0 Å². The normalized spacial score (nSPS) is 16.0. The molecule has 6 atom stereocenters. The number of esters is 1. The second-order valence-electron chi connectivity index (χ2n) is 12.8. The predicted octanol–water partition coefficient (Wildman–Crippen LogP) is 6.69. The molecule has 0 radical (unpaired) electrons. The van der Waals surface area contributed by atoms with Crippen LogP contribution in [0.3, 0.4) is 0 Å². The summed E-state index contributed by atoms with van der Waals surface area (Å²) in [5, 5.41) is 58.3. The maximum Gasteiger partial charge on any atom is 0.308 e. The molecule has 0 saturated heterocycles. The number of aliphatic hydroxyl groups is 6. The molecular formula is C35H70O8. The van der Waals surface area contributed by atoms with Gasteiger partial charge in [-0.2, -0.15) is 0 Å². The highest BCUT2D eigenvalue weighted by molar-refractivity contribution is 5.69. The molecule has 0 aromatic carbocycles. The third-order valence-corrected chi connectivity index (χ3v) is 8.71. The SMILES string of the molecule is CCCCCCCCCCCCCCC(CCCCCCCCCCCC)CC(=O)OC(O)[C@H](O)[C@@H](O)[C@H](O)[C@H](O)CO. The molecule has 0 aliphatic carbocycles. The first-order chi connectivity index (χ1) is 20.8. The molecule has 0 aliphatic rings. The molecule has 0 aromatic heterocycles. The molecule has 0 rings (SSSR count). The Kier molecular flexibility index (Phi) is 29.4. The highest BCUT2D eigenvalue weighted by Crippen LogP contribution is 2.24. The topological polar surface area (TPSA) is 148 Å². The summed E-state index contributed by atoms with van der Waals surface area (Å²) in [6, 6.07) is 0. The Morgan fingerprint density at radius 3 is 1.21 bits per heavy atom. The quantitative estimate of drug-likeness (QED) is 0.0277. The van der Waals surface area contributed by atoms with Gasteiger partial charge in [0, 0.05) is 6.42 Å². The van der Waals surface area contributed by atoms with Crippen LogP contribution in [0.1, 0.15) is 174 Å². The van der Waals surface area contributed by atoms with Crippen molar-refractivity contribution in [2.24, 2.45) is 5.92 Å². The highest BCUT2D eigenvalue weighted by atomic mass is 16.6. The van der Waals surface area contributed by atoms with Crippen LogP contribution < -0.4 is 0 Å². The van der Waals surface area contributed by atoms with Crippen molar-refractivity contribution < 1.29 is 40.2 Å². The van der Waals surface area contributed by atoms with E-state index in [2.05, 4.69) is 13.8 Å². The average molecular weight is 619 g/mol. The van der Waals surface area contributed by atoms with Crippen molar-refractivity contribution in [1.29, 1.82) is 0 Å². The zero-order chi connectivity index (χ0) is 32.1. The van der Waals surface area contributed by atoms with E-state index in [9.17, 15) is 30.3 Å². The minimum absolute atomic E-state index is 0.122. The summed E-state index contributed by atoms with van der Waals surface area (Å²) < 4.78 is 4.99. The summed E-state index contributed by atoms with van der Waals surface area (Å²) in [6.07, 6.45) is 20.1. The summed E-state index contributed by atoms with van der Waals surface area (Å²) in [5.74, 6) is -0.535. The Bertz CT molecular complexity index is 604. The van der Waals surface area contributed by atoms with Crippen molar-refractivity contribution in [3.8, 4) is 0 Å². The van der Waals surface area contributed by atoms with E-state index in [0.29, 0.717) is 0 Å². The van der Waals surface area contributed by atoms with Gasteiger partial charge in [0.2, 0.25) is 6.29 Å². The van der Waals surface area contributed by atoms with E-state index >= 15 is 0 Å². The number of aliphatic hydroxyl groups excluding tert-OH is 6. The molecule has 0 fully saturated rings. The van der Waals surface area contributed by atoms with Crippen LogP contribution in [0.5, 0.6) is 0 Å². The van der Waals surface area contributed by atoms with Crippen LogP contribution in [0, 0.1) is 5.92 Å². The van der Waals surface area contributed by atoms with E-state index in [4.69, 9.17) is 9.84 Å². The molecule has 6 N–H and O–H groups in total. The van der Waals surface area contributed by atoms with Gasteiger partial charge in [0.1, 0.15) is 24.4 Å². The molecule has 258 valence electrons. The summed E-state index contributed by atoms with van der Waals surface area (Å²) in [6.45, 7) is 3.65. The van der Waals surface area contributed by atoms with E-state index in [1.165, 1.54) is 116 Å². The number of ether oxygens (including phenoxy) is 1. The Hall–Kier alpha value is -0.770. The second-order valence-corrected chi connectivity index (χ2v) is 12.8. The van der Waals surface area contributed by atoms with E-state index in [0.717, 1.165) is 38.5 Å². The monoisotopic (exact) mass is 619 g/mol. The van der Waals surface area contributed by atoms with Crippen molar-refractivity contribution in [2.45, 2.75) is 205 Å². The molecule has 0 bridgehead atoms. The lowest BCUT2D eigenvalue weighted by Gasteiger charge is -2.28. The maximum absolute atomic E-state index is 12.6. The lowest BCUT2D eigenvalue weighted by Crippen LogP contribution is -2.51. The average Bonchev–Trinajstić information content (AvgIpc) is 3.00. The summed E-state index contributed by atoms with van der Waals surface area (Å²) in [5.41, 5.74) is 0. The van der Waals surface area contributed by atoms with E-state index < -0.39 is 43.3 Å². The largest absolute Gasteiger partial charge is 0.433 e. The van der Waals surface area contributed by atoms with Gasteiger partial charge in [-0.1, -0.05) is 155 Å². The molecule has 8 nitrogen and oxygen atoms in total. The maximum atomic E-state index is 12.6. The molecule has 0 spiro atoms. The van der Waals surface area contributed by atoms with Gasteiger partial charge in [0.05, 0.1) is 6.61 Å². The standard InChI is InChI=1S/C35H70O8/c1-3-5-7-9-11-13-15-16-18-20-22-24-26-29(25-23-21-19-17-14-12-10-8-6-4-2)27-31(38)43-35(42)34(41)33(40)32(39)30(37)28-36/h29-30,32-37,39-42H,3-28H2,1-2H3/t29?,30-,32-,33+,34-,35?/m1/s1. The van der Waals surface area contributed by atoms with Gasteiger partial charge in [-0.15, -0.1) is 0 Å². The number of unbranched alkanes of at least 4 members (excludes halogenated alkanes) is 20. The molecule has 43 heavy (non-hydrogen) atoms. The highest BCUT2D eigenvalue weighted by Gasteiger charge is 2.36. The van der Waals surface area contributed by atoms with Gasteiger partial charge in [0.15, 0.2) is 0 Å². The lowest BCUT2D eigenvalue weighted by molar-refractivity contribution is -0.214. The Balaban J connectivity index is 4.49. The Labute approximate surface area is 263 Å². The number of rotatable bonds is 32. The first-order valence-electron chi connectivity index (χ1n) is 18.0. The van der Waals surface area contributed by atoms with Crippen molar-refractivity contribution >= 4 is 5.97 Å². The van der Waals surface area contributed by atoms with Crippen LogP contribution in [0.2, 0.25) is 0 Å². The number of carbonyl (C=O) groups excluding carboxylic acids is 1. The van der Waals surface area contributed by atoms with Crippen LogP contribution >= 0.6 is 0 Å². The molecule has 2 unspecified atom stereocenters. The third-order valence-electron chi connectivity index (χ3n) is 8.71. The van der Waals surface area contributed by atoms with Gasteiger partial charge in [-0.25, -0.2) is 0 Å². The van der Waals surface area contributed by atoms with Crippen LogP contribution in [0.4, 0.5) is 0 Å². The molecule has 0 heterocycles. The van der Waals surface area contributed by atoms with Gasteiger partial charge < -0.3 is 35.4 Å². The van der Waals surface area contributed by atoms with Gasteiger partial charge in [0.25, 0.3) is 0 Å². The lowest BCUT2D eigenvalue weighted by atomic mass is 9.91. The number of hydrogen-bond donors (Lipinski definition) is 6. The minimum atomic E-state index is -2.05. The summed E-state index contributed by atoms with van der Waals surface area (Å²) in [4.78, 5) is 12.6. The fourth-order valence-electron chi connectivity index (χ4n) is 5.74. The van der Waals surface area contributed by atoms with E-state index in [-0.39, 0.29) is 12.3 Å². The van der Waals surface area contributed by atoms with E-state index in [1.807, 2.05) is 0 Å². The zero-order valence-corrected chi connectivity index (χ0v) is 27.8. The smallest absolute Gasteiger partial charge is 0.308 e. The Morgan fingerprint density at radius 2 is 0.860 bits per heavy atom. The fourth-order valence-corrected chi connectivity index (χ4v) is 5.74. The van der Waals surface area contributed by atoms with Crippen LogP contribution in [0.15, 0.2) is 0 Å². The molecule has 0 amide bonds. The van der Waals surface area contributed by atoms with Crippen molar-refractivity contribution in [2.75, 3.05) is 6.61 Å². The first kappa shape index (κ1) is 42.2. The van der Waals surface area contributed by atoms with Crippen molar-refractivity contribution in [3.05, 3.63) is 0 Å². The minimum Gasteiger partial charge on any atom is -0.433 e. The number of carbonyl (C=O) groups is 1. The van der Waals surface area contributed by atoms with Crippen LogP contribution in [0.25, 0.3) is 0 Å². The molecule has 0 saturated carbocycles. The van der Waals surface area contributed by atoms with Gasteiger partial charge in [-0.05, 0) is 18.8 Å². The molecule has 8 heteroatoms. The number of hydrogen-bond acceptors (Lipinski definition) is 8. The summed E-state index contributed by atoms with van der Waals surface area (Å²) >= 11 is 0. The Morgan fingerprint density at radius 1 is 0.512 bits per heavy atom. The third kappa shape index (κ3) is 24.2. The van der Waals surface area contributed by atoms with Gasteiger partial charge >= 0.3 is 5.97 Å². The van der Waals surface area contributed by atoms with Crippen molar-refractivity contribution in [3.63, 3.8) is 0 Å². The molecule has 0 aliphatic heterocycles. The fraction of sp³-hybridized carbons (Fsp3) is 0.971. The van der Waals surface area contributed by atoms with Crippen LogP contribution in [-0.2, 0) is 9.53 Å². The predicted molar refractivity (Wildman–Crippen MR) is 173 cm³/mol. The zero-order valence-electron chi connectivity index (χ0n) is 27.8. The van der Waals surface area contributed by atoms with Gasteiger partial charge in [-0.3, -0.25) is 4.79 Å². The van der Waals surface area contributed by atoms with Crippen LogP contribution in [-0.4, -0.2) is 73.9 Å². The first-order valence-corrected chi connectivity index (χ1v) is 18.0. The molecular weight excluding hydrogens is 548 g/mol. The summed E-state index contributed by atoms with van der Waals surface area (Å²) in [7, 11) is 0. The van der Waals surface area contributed by atoms with Crippen molar-refractivity contribution in [1.82, 2.24) is 0 Å².